The number of benzene rings is 2. The molecule has 1 N–H and O–H groups in total. The highest BCUT2D eigenvalue weighted by Gasteiger charge is 2.35. The molecule has 8 nitrogen and oxygen atoms in total. The van der Waals surface area contributed by atoms with E-state index in [1.165, 1.54) is 0 Å². The molecule has 0 fully saturated rings. The predicted octanol–water partition coefficient (Wildman–Crippen LogP) is 5.66. The fraction of sp³-hybridized carbons (Fsp3) is 0.320. The third-order valence-corrected chi connectivity index (χ3v) is 6.23. The van der Waals surface area contributed by atoms with Gasteiger partial charge in [-0.05, 0) is 55.2 Å². The molecule has 3 heterocycles. The third-order valence-electron chi connectivity index (χ3n) is 6.00. The van der Waals surface area contributed by atoms with Crippen molar-refractivity contribution in [3.05, 3.63) is 64.6 Å². The molecule has 3 aromatic rings. The van der Waals surface area contributed by atoms with Gasteiger partial charge < -0.3 is 19.3 Å². The Bertz CT molecular complexity index is 1270. The van der Waals surface area contributed by atoms with Crippen LogP contribution in [0.5, 0.6) is 11.5 Å². The maximum absolute atomic E-state index is 13.1. The Balaban J connectivity index is 1.56. The molecular weight excluding hydrogens is 456 g/mol. The Kier molecular flexibility index (Phi) is 5.91. The number of aromatic nitrogens is 2. The van der Waals surface area contributed by atoms with Crippen molar-refractivity contribution < 1.29 is 18.8 Å². The number of urea groups is 1. The van der Waals surface area contributed by atoms with Gasteiger partial charge in [0.2, 0.25) is 12.6 Å². The van der Waals surface area contributed by atoms with Gasteiger partial charge in [0, 0.05) is 22.8 Å². The summed E-state index contributed by atoms with van der Waals surface area (Å²) in [6.45, 7) is 6.95. The standard InChI is InChI=1S/C25H25ClN4O4/c1-14(2)9-10-30-15(3)21(22(27-25(30)31)16-5-4-6-18(26)11-16)24-28-23(29-34-24)17-7-8-19-20(12-17)33-13-32-19/h4-8,11-12,14,22H,9-10,13H2,1-3H3,(H,27,31). The number of hydrogen-bond donors (Lipinski definition) is 1. The molecule has 0 radical (unpaired) electrons. The van der Waals surface area contributed by atoms with E-state index in [1.807, 2.05) is 43.3 Å². The van der Waals surface area contributed by atoms with E-state index in [9.17, 15) is 4.79 Å². The van der Waals surface area contributed by atoms with Crippen molar-refractivity contribution >= 4 is 23.2 Å². The summed E-state index contributed by atoms with van der Waals surface area (Å²) in [5.74, 6) is 2.54. The normalized spacial score (nSPS) is 17.5. The third kappa shape index (κ3) is 4.21. The summed E-state index contributed by atoms with van der Waals surface area (Å²) in [6.07, 6.45) is 0.867. The van der Waals surface area contributed by atoms with E-state index in [1.54, 1.807) is 11.0 Å². The van der Waals surface area contributed by atoms with E-state index in [2.05, 4.69) is 29.3 Å². The SMILES string of the molecule is CC1=C(c2nc(-c3ccc4c(c3)OCO4)no2)C(c2cccc(Cl)c2)NC(=O)N1CCC(C)C. The summed E-state index contributed by atoms with van der Waals surface area (Å²) in [4.78, 5) is 19.5. The quantitative estimate of drug-likeness (QED) is 0.489. The molecule has 2 aliphatic heterocycles. The first kappa shape index (κ1) is 22.3. The molecule has 2 aromatic carbocycles. The largest absolute Gasteiger partial charge is 0.454 e. The minimum Gasteiger partial charge on any atom is -0.454 e. The predicted molar refractivity (Wildman–Crippen MR) is 127 cm³/mol. The highest BCUT2D eigenvalue weighted by atomic mass is 35.5. The van der Waals surface area contributed by atoms with E-state index in [0.717, 1.165) is 28.8 Å². The molecule has 1 unspecified atom stereocenters. The molecule has 0 saturated heterocycles. The number of carbonyl (C=O) groups excluding carboxylic acids is 1. The van der Waals surface area contributed by atoms with Gasteiger partial charge >= 0.3 is 6.03 Å². The first-order valence-corrected chi connectivity index (χ1v) is 11.6. The van der Waals surface area contributed by atoms with Crippen molar-refractivity contribution in [3.63, 3.8) is 0 Å². The molecule has 34 heavy (non-hydrogen) atoms. The first-order valence-electron chi connectivity index (χ1n) is 11.2. The maximum Gasteiger partial charge on any atom is 0.322 e. The first-order chi connectivity index (χ1) is 16.4. The van der Waals surface area contributed by atoms with Gasteiger partial charge in [0.1, 0.15) is 0 Å². The van der Waals surface area contributed by atoms with Gasteiger partial charge in [0.15, 0.2) is 11.5 Å². The van der Waals surface area contributed by atoms with Crippen LogP contribution in [-0.4, -0.2) is 34.4 Å². The zero-order chi connectivity index (χ0) is 23.8. The van der Waals surface area contributed by atoms with Crippen molar-refractivity contribution in [2.45, 2.75) is 33.2 Å². The van der Waals surface area contributed by atoms with E-state index in [-0.39, 0.29) is 12.8 Å². The number of ether oxygens (including phenoxy) is 2. The second-order valence-corrected chi connectivity index (χ2v) is 9.20. The average Bonchev–Trinajstić information content (AvgIpc) is 3.47. The molecule has 2 amide bonds. The van der Waals surface area contributed by atoms with Crippen LogP contribution in [-0.2, 0) is 0 Å². The van der Waals surface area contributed by atoms with Gasteiger partial charge in [-0.15, -0.1) is 0 Å². The van der Waals surface area contributed by atoms with Crippen molar-refractivity contribution in [2.75, 3.05) is 13.3 Å². The summed E-state index contributed by atoms with van der Waals surface area (Å²) in [5, 5.41) is 7.89. The van der Waals surface area contributed by atoms with Crippen LogP contribution in [0.1, 0.15) is 44.7 Å². The monoisotopic (exact) mass is 480 g/mol. The maximum atomic E-state index is 13.1. The lowest BCUT2D eigenvalue weighted by Gasteiger charge is -2.35. The molecule has 5 rings (SSSR count). The molecule has 0 aliphatic carbocycles. The fourth-order valence-corrected chi connectivity index (χ4v) is 4.34. The van der Waals surface area contributed by atoms with Crippen LogP contribution in [0.25, 0.3) is 17.0 Å². The molecule has 176 valence electrons. The highest BCUT2D eigenvalue weighted by Crippen LogP contribution is 2.39. The Morgan fingerprint density at radius 2 is 2.00 bits per heavy atom. The summed E-state index contributed by atoms with van der Waals surface area (Å²) in [5.41, 5.74) is 3.09. The molecule has 1 atom stereocenters. The molecule has 0 spiro atoms. The van der Waals surface area contributed by atoms with Crippen LogP contribution in [0.3, 0.4) is 0 Å². The van der Waals surface area contributed by atoms with Crippen molar-refractivity contribution in [2.24, 2.45) is 5.92 Å². The number of nitrogens with one attached hydrogen (secondary N) is 1. The number of halogens is 1. The lowest BCUT2D eigenvalue weighted by atomic mass is 9.94. The highest BCUT2D eigenvalue weighted by molar-refractivity contribution is 6.30. The molecule has 0 bridgehead atoms. The Morgan fingerprint density at radius 3 is 2.79 bits per heavy atom. The summed E-state index contributed by atoms with van der Waals surface area (Å²) >= 11 is 6.26. The Hall–Kier alpha value is -3.52. The van der Waals surface area contributed by atoms with Crippen molar-refractivity contribution in [1.29, 1.82) is 0 Å². The zero-order valence-corrected chi connectivity index (χ0v) is 19.9. The number of amides is 2. The fourth-order valence-electron chi connectivity index (χ4n) is 4.14. The number of allylic oxidation sites excluding steroid dienone is 1. The number of hydrogen-bond acceptors (Lipinski definition) is 6. The van der Waals surface area contributed by atoms with Crippen molar-refractivity contribution in [1.82, 2.24) is 20.4 Å². The number of carbonyl (C=O) groups is 1. The van der Waals surface area contributed by atoms with Crippen LogP contribution >= 0.6 is 11.6 Å². The molecule has 9 heteroatoms. The van der Waals surface area contributed by atoms with Crippen LogP contribution in [0.4, 0.5) is 4.79 Å². The van der Waals surface area contributed by atoms with Crippen LogP contribution in [0.15, 0.2) is 52.7 Å². The lowest BCUT2D eigenvalue weighted by molar-refractivity contribution is 0.174. The average molecular weight is 481 g/mol. The van der Waals surface area contributed by atoms with Crippen LogP contribution in [0, 0.1) is 5.92 Å². The van der Waals surface area contributed by atoms with Gasteiger partial charge in [0.25, 0.3) is 5.89 Å². The van der Waals surface area contributed by atoms with Gasteiger partial charge in [-0.3, -0.25) is 4.90 Å². The second kappa shape index (κ2) is 9.02. The number of fused-ring (bicyclic) bond motifs is 1. The van der Waals surface area contributed by atoms with E-state index in [0.29, 0.717) is 40.7 Å². The summed E-state index contributed by atoms with van der Waals surface area (Å²) in [7, 11) is 0. The van der Waals surface area contributed by atoms with E-state index in [4.69, 9.17) is 25.6 Å². The topological polar surface area (TPSA) is 89.7 Å². The molecule has 2 aliphatic rings. The smallest absolute Gasteiger partial charge is 0.322 e. The lowest BCUT2D eigenvalue weighted by Crippen LogP contribution is -2.46. The van der Waals surface area contributed by atoms with Crippen LogP contribution in [0.2, 0.25) is 5.02 Å². The molecule has 0 saturated carbocycles. The van der Waals surface area contributed by atoms with Gasteiger partial charge in [-0.2, -0.15) is 4.98 Å². The minimum atomic E-state index is -0.480. The van der Waals surface area contributed by atoms with Gasteiger partial charge in [-0.25, -0.2) is 4.79 Å². The Labute approximate surface area is 202 Å². The Morgan fingerprint density at radius 1 is 1.18 bits per heavy atom. The second-order valence-electron chi connectivity index (χ2n) is 8.76. The van der Waals surface area contributed by atoms with Gasteiger partial charge in [0.05, 0.1) is 11.6 Å². The van der Waals surface area contributed by atoms with Crippen molar-refractivity contribution in [3.8, 4) is 22.9 Å². The summed E-state index contributed by atoms with van der Waals surface area (Å²) in [6, 6.07) is 12.3. The zero-order valence-electron chi connectivity index (χ0n) is 19.2. The number of nitrogens with zero attached hydrogens (tertiary/aromatic N) is 3. The van der Waals surface area contributed by atoms with Crippen LogP contribution < -0.4 is 14.8 Å². The van der Waals surface area contributed by atoms with E-state index >= 15 is 0 Å². The van der Waals surface area contributed by atoms with Gasteiger partial charge in [-0.1, -0.05) is 42.7 Å². The molecule has 1 aromatic heterocycles. The summed E-state index contributed by atoms with van der Waals surface area (Å²) < 4.78 is 16.6. The molecular formula is C25H25ClN4O4. The van der Waals surface area contributed by atoms with E-state index < -0.39 is 6.04 Å². The number of rotatable bonds is 6. The minimum absolute atomic E-state index is 0.164.